The zero-order valence-electron chi connectivity index (χ0n) is 15.0. The number of amides is 1. The number of hydrogen-bond acceptors (Lipinski definition) is 3. The fourth-order valence-corrected chi connectivity index (χ4v) is 2.64. The Morgan fingerprint density at radius 2 is 2.08 bits per heavy atom. The first-order valence-corrected chi connectivity index (χ1v) is 8.45. The number of benzene rings is 1. The Morgan fingerprint density at radius 1 is 1.33 bits per heavy atom. The van der Waals surface area contributed by atoms with Gasteiger partial charge in [0, 0.05) is 32.1 Å². The number of carbonyl (C=O) groups excluding carboxylic acids is 1. The van der Waals surface area contributed by atoms with Crippen molar-refractivity contribution in [1.82, 2.24) is 16.0 Å². The molecule has 1 aliphatic rings. The number of para-hydroxylation sites is 1. The maximum atomic E-state index is 12.1. The third-order valence-corrected chi connectivity index (χ3v) is 4.14. The Kier molecular flexibility index (Phi) is 6.06. The zero-order valence-corrected chi connectivity index (χ0v) is 15.0. The van der Waals surface area contributed by atoms with Crippen molar-refractivity contribution in [2.45, 2.75) is 33.2 Å². The first-order chi connectivity index (χ1) is 11.5. The minimum atomic E-state index is -0.513. The topological polar surface area (TPSA) is 74.8 Å². The molecule has 2 rings (SSSR count). The molecule has 6 heteroatoms. The number of aliphatic imine (C=N–C) groups is 1. The molecule has 1 amide bonds. The Balaban J connectivity index is 1.98. The summed E-state index contributed by atoms with van der Waals surface area (Å²) >= 11 is 0. The highest BCUT2D eigenvalue weighted by Gasteiger charge is 2.28. The first-order valence-electron chi connectivity index (χ1n) is 8.45. The van der Waals surface area contributed by atoms with Crippen LogP contribution in [0.15, 0.2) is 29.3 Å². The number of hydrogen-bond donors (Lipinski definition) is 3. The quantitative estimate of drug-likeness (QED) is 0.568. The lowest BCUT2D eigenvalue weighted by atomic mass is 9.92. The van der Waals surface area contributed by atoms with E-state index in [9.17, 15) is 4.79 Å². The lowest BCUT2D eigenvalue weighted by molar-refractivity contribution is -0.128. The largest absolute Gasteiger partial charge is 0.493 e. The Bertz CT molecular complexity index is 598. The smallest absolute Gasteiger partial charge is 0.227 e. The van der Waals surface area contributed by atoms with Gasteiger partial charge in [-0.2, -0.15) is 0 Å². The van der Waals surface area contributed by atoms with E-state index in [1.165, 1.54) is 0 Å². The van der Waals surface area contributed by atoms with E-state index in [1.54, 1.807) is 7.05 Å². The molecule has 6 nitrogen and oxygen atoms in total. The summed E-state index contributed by atoms with van der Waals surface area (Å²) in [5.41, 5.74) is 0.621. The molecule has 0 fully saturated rings. The zero-order chi connectivity index (χ0) is 17.6. The van der Waals surface area contributed by atoms with E-state index in [2.05, 4.69) is 27.0 Å². The van der Waals surface area contributed by atoms with Gasteiger partial charge in [0.05, 0.1) is 18.1 Å². The van der Waals surface area contributed by atoms with Crippen LogP contribution < -0.4 is 20.7 Å². The second kappa shape index (κ2) is 8.04. The van der Waals surface area contributed by atoms with Crippen LogP contribution in [-0.2, 0) is 4.79 Å². The van der Waals surface area contributed by atoms with Gasteiger partial charge >= 0.3 is 0 Å². The average Bonchev–Trinajstić information content (AvgIpc) is 2.59. The van der Waals surface area contributed by atoms with Gasteiger partial charge in [0.25, 0.3) is 0 Å². The molecule has 24 heavy (non-hydrogen) atoms. The molecule has 3 N–H and O–H groups in total. The minimum Gasteiger partial charge on any atom is -0.493 e. The van der Waals surface area contributed by atoms with Crippen LogP contribution in [0.4, 0.5) is 0 Å². The van der Waals surface area contributed by atoms with E-state index < -0.39 is 5.41 Å². The number of guanidine groups is 1. The molecule has 1 aromatic carbocycles. The van der Waals surface area contributed by atoms with Gasteiger partial charge in [0.15, 0.2) is 5.96 Å². The summed E-state index contributed by atoms with van der Waals surface area (Å²) in [4.78, 5) is 16.4. The molecular weight excluding hydrogens is 304 g/mol. The lowest BCUT2D eigenvalue weighted by Gasteiger charge is -2.29. The average molecular weight is 332 g/mol. The van der Waals surface area contributed by atoms with Gasteiger partial charge in [0.2, 0.25) is 5.91 Å². The van der Waals surface area contributed by atoms with Crippen LogP contribution >= 0.6 is 0 Å². The SMILES string of the molecule is CCNC(=O)C(C)(C)CNC(=NC)NC1CCOc2ccccc21. The number of nitrogens with one attached hydrogen (secondary N) is 3. The van der Waals surface area contributed by atoms with Crippen LogP contribution in [0.2, 0.25) is 0 Å². The summed E-state index contributed by atoms with van der Waals surface area (Å²) in [5.74, 6) is 1.64. The lowest BCUT2D eigenvalue weighted by Crippen LogP contribution is -2.48. The third-order valence-electron chi connectivity index (χ3n) is 4.14. The molecule has 1 unspecified atom stereocenters. The molecule has 0 saturated heterocycles. The molecule has 0 aliphatic carbocycles. The van der Waals surface area contributed by atoms with Gasteiger partial charge in [-0.05, 0) is 26.8 Å². The van der Waals surface area contributed by atoms with E-state index in [4.69, 9.17) is 4.74 Å². The Hall–Kier alpha value is -2.24. The molecule has 0 aromatic heterocycles. The van der Waals surface area contributed by atoms with E-state index in [1.807, 2.05) is 39.0 Å². The second-order valence-corrected chi connectivity index (χ2v) is 6.54. The van der Waals surface area contributed by atoms with Gasteiger partial charge in [-0.3, -0.25) is 9.79 Å². The fraction of sp³-hybridized carbons (Fsp3) is 0.556. The fourth-order valence-electron chi connectivity index (χ4n) is 2.64. The van der Waals surface area contributed by atoms with E-state index in [0.717, 1.165) is 17.7 Å². The van der Waals surface area contributed by atoms with Crippen molar-refractivity contribution in [2.75, 3.05) is 26.7 Å². The summed E-state index contributed by atoms with van der Waals surface area (Å²) in [6, 6.07) is 8.18. The first kappa shape index (κ1) is 18.1. The van der Waals surface area contributed by atoms with Crippen molar-refractivity contribution in [3.8, 4) is 5.75 Å². The van der Waals surface area contributed by atoms with Crippen molar-refractivity contribution < 1.29 is 9.53 Å². The van der Waals surface area contributed by atoms with Crippen molar-refractivity contribution in [1.29, 1.82) is 0 Å². The molecular formula is C18H28N4O2. The van der Waals surface area contributed by atoms with Crippen LogP contribution in [0.25, 0.3) is 0 Å². The van der Waals surface area contributed by atoms with Gasteiger partial charge in [-0.1, -0.05) is 18.2 Å². The number of nitrogens with zero attached hydrogens (tertiary/aromatic N) is 1. The summed E-state index contributed by atoms with van der Waals surface area (Å²) in [7, 11) is 1.74. The predicted octanol–water partition coefficient (Wildman–Crippen LogP) is 1.84. The standard InChI is InChI=1S/C18H28N4O2/c1-5-20-16(23)18(2,3)12-21-17(19-4)22-14-10-11-24-15-9-7-6-8-13(14)15/h6-9,14H,5,10-12H2,1-4H3,(H,20,23)(H2,19,21,22). The summed E-state index contributed by atoms with van der Waals surface area (Å²) in [5, 5.41) is 9.56. The predicted molar refractivity (Wildman–Crippen MR) is 96.3 cm³/mol. The number of carbonyl (C=O) groups is 1. The van der Waals surface area contributed by atoms with Crippen molar-refractivity contribution in [3.05, 3.63) is 29.8 Å². The number of rotatable bonds is 5. The molecule has 1 heterocycles. The highest BCUT2D eigenvalue weighted by atomic mass is 16.5. The van der Waals surface area contributed by atoms with Gasteiger partial charge in [0.1, 0.15) is 5.75 Å². The Labute approximate surface area is 144 Å². The molecule has 1 aliphatic heterocycles. The van der Waals surface area contributed by atoms with E-state index in [0.29, 0.717) is 25.7 Å². The molecule has 1 atom stereocenters. The van der Waals surface area contributed by atoms with Crippen LogP contribution in [0.5, 0.6) is 5.75 Å². The maximum Gasteiger partial charge on any atom is 0.227 e. The normalized spacial score (nSPS) is 17.5. The molecule has 0 radical (unpaired) electrons. The molecule has 0 bridgehead atoms. The number of fused-ring (bicyclic) bond motifs is 1. The molecule has 1 aromatic rings. The van der Waals surface area contributed by atoms with Gasteiger partial charge < -0.3 is 20.7 Å². The monoisotopic (exact) mass is 332 g/mol. The minimum absolute atomic E-state index is 0.0318. The van der Waals surface area contributed by atoms with Crippen molar-refractivity contribution in [2.24, 2.45) is 10.4 Å². The van der Waals surface area contributed by atoms with Crippen molar-refractivity contribution in [3.63, 3.8) is 0 Å². The van der Waals surface area contributed by atoms with Gasteiger partial charge in [-0.15, -0.1) is 0 Å². The van der Waals surface area contributed by atoms with E-state index in [-0.39, 0.29) is 11.9 Å². The molecule has 132 valence electrons. The summed E-state index contributed by atoms with van der Waals surface area (Å²) in [6.45, 7) is 7.57. The summed E-state index contributed by atoms with van der Waals surface area (Å²) in [6.07, 6.45) is 0.872. The van der Waals surface area contributed by atoms with Crippen molar-refractivity contribution >= 4 is 11.9 Å². The summed E-state index contributed by atoms with van der Waals surface area (Å²) < 4.78 is 5.69. The third kappa shape index (κ3) is 4.40. The highest BCUT2D eigenvalue weighted by Crippen LogP contribution is 2.31. The van der Waals surface area contributed by atoms with E-state index >= 15 is 0 Å². The highest BCUT2D eigenvalue weighted by molar-refractivity contribution is 5.84. The van der Waals surface area contributed by atoms with Crippen LogP contribution in [0, 0.1) is 5.41 Å². The maximum absolute atomic E-state index is 12.1. The second-order valence-electron chi connectivity index (χ2n) is 6.54. The molecule has 0 spiro atoms. The van der Waals surface area contributed by atoms with Crippen LogP contribution in [-0.4, -0.2) is 38.6 Å². The van der Waals surface area contributed by atoms with Crippen LogP contribution in [0.1, 0.15) is 38.8 Å². The molecule has 0 saturated carbocycles. The van der Waals surface area contributed by atoms with Gasteiger partial charge in [-0.25, -0.2) is 0 Å². The Morgan fingerprint density at radius 3 is 2.79 bits per heavy atom. The number of ether oxygens (including phenoxy) is 1. The van der Waals surface area contributed by atoms with Crippen LogP contribution in [0.3, 0.4) is 0 Å².